The quantitative estimate of drug-likeness (QED) is 0.793. The summed E-state index contributed by atoms with van der Waals surface area (Å²) in [4.78, 5) is 0. The highest BCUT2D eigenvalue weighted by atomic mass is 19.2. The van der Waals surface area contributed by atoms with Gasteiger partial charge >= 0.3 is 0 Å². The summed E-state index contributed by atoms with van der Waals surface area (Å²) in [6.45, 7) is 2.49. The van der Waals surface area contributed by atoms with Gasteiger partial charge in [-0.15, -0.1) is 0 Å². The minimum Gasteiger partial charge on any atom is -0.491 e. The van der Waals surface area contributed by atoms with E-state index in [0.29, 0.717) is 19.1 Å². The Kier molecular flexibility index (Phi) is 5.00. The van der Waals surface area contributed by atoms with E-state index in [9.17, 15) is 8.78 Å². The molecule has 0 spiro atoms. The smallest absolute Gasteiger partial charge is 0.204 e. The maximum atomic E-state index is 13.8. The third kappa shape index (κ3) is 3.58. The highest BCUT2D eigenvalue weighted by Crippen LogP contribution is 2.29. The van der Waals surface area contributed by atoms with Crippen LogP contribution in [0.4, 0.5) is 8.78 Å². The predicted molar refractivity (Wildman–Crippen MR) is 69.6 cm³/mol. The normalized spacial score (nSPS) is 16.4. The summed E-state index contributed by atoms with van der Waals surface area (Å²) in [6, 6.07) is 2.85. The molecule has 2 nitrogen and oxygen atoms in total. The topological polar surface area (TPSA) is 18.5 Å². The van der Waals surface area contributed by atoms with Gasteiger partial charge in [0.2, 0.25) is 11.6 Å². The molecule has 0 atom stereocenters. The molecule has 0 N–H and O–H groups in total. The molecule has 1 fully saturated rings. The highest BCUT2D eigenvalue weighted by Gasteiger charge is 2.18. The second-order valence-corrected chi connectivity index (χ2v) is 4.94. The maximum Gasteiger partial charge on any atom is 0.204 e. The van der Waals surface area contributed by atoms with Crippen LogP contribution in [0, 0.1) is 17.6 Å². The average Bonchev–Trinajstić information content (AvgIpc) is 2.44. The van der Waals surface area contributed by atoms with Gasteiger partial charge in [-0.2, -0.15) is 8.78 Å². The fourth-order valence-corrected chi connectivity index (χ4v) is 2.45. The van der Waals surface area contributed by atoms with E-state index >= 15 is 0 Å². The molecular weight excluding hydrogens is 250 g/mol. The molecule has 1 aliphatic carbocycles. The molecule has 1 aliphatic rings. The molecule has 4 heteroatoms. The van der Waals surface area contributed by atoms with E-state index in [1.807, 2.05) is 0 Å². The molecule has 0 amide bonds. The molecule has 0 aromatic heterocycles. The number of hydrogen-bond acceptors (Lipinski definition) is 2. The summed E-state index contributed by atoms with van der Waals surface area (Å²) in [5.41, 5.74) is 0. The second kappa shape index (κ2) is 6.73. The Morgan fingerprint density at radius 1 is 1.00 bits per heavy atom. The lowest BCUT2D eigenvalue weighted by atomic mass is 9.90. The molecule has 106 valence electrons. The Labute approximate surface area is 112 Å². The van der Waals surface area contributed by atoms with Gasteiger partial charge in [-0.3, -0.25) is 0 Å². The van der Waals surface area contributed by atoms with E-state index in [1.165, 1.54) is 31.4 Å². The van der Waals surface area contributed by atoms with E-state index in [1.54, 1.807) is 6.92 Å². The Morgan fingerprint density at radius 3 is 2.16 bits per heavy atom. The van der Waals surface area contributed by atoms with Crippen molar-refractivity contribution in [1.82, 2.24) is 0 Å². The lowest BCUT2D eigenvalue weighted by molar-refractivity contribution is 0.199. The first kappa shape index (κ1) is 14.1. The van der Waals surface area contributed by atoms with E-state index in [0.717, 1.165) is 12.8 Å². The van der Waals surface area contributed by atoms with Gasteiger partial charge in [0.1, 0.15) is 0 Å². The van der Waals surface area contributed by atoms with Crippen LogP contribution in [0.15, 0.2) is 12.1 Å². The zero-order valence-corrected chi connectivity index (χ0v) is 11.3. The minimum absolute atomic E-state index is 0.0217. The van der Waals surface area contributed by atoms with Crippen LogP contribution >= 0.6 is 0 Å². The molecule has 0 unspecified atom stereocenters. The third-order valence-corrected chi connectivity index (χ3v) is 3.51. The van der Waals surface area contributed by atoms with Crippen LogP contribution in [0.5, 0.6) is 11.5 Å². The summed E-state index contributed by atoms with van der Waals surface area (Å²) in [6.07, 6.45) is 5.90. The number of rotatable bonds is 5. The Balaban J connectivity index is 1.98. The van der Waals surface area contributed by atoms with E-state index in [-0.39, 0.29) is 11.5 Å². The second-order valence-electron chi connectivity index (χ2n) is 4.94. The Bertz CT molecular complexity index is 415. The monoisotopic (exact) mass is 270 g/mol. The van der Waals surface area contributed by atoms with E-state index in [4.69, 9.17) is 9.47 Å². The lowest BCUT2D eigenvalue weighted by Crippen LogP contribution is -2.16. The standard InChI is InChI=1S/C15H20F2O2/c1-2-18-12-8-9-13(15(17)14(12)16)19-10-11-6-4-3-5-7-11/h8-9,11H,2-7,10H2,1H3. The molecule has 19 heavy (non-hydrogen) atoms. The summed E-state index contributed by atoms with van der Waals surface area (Å²) in [5, 5.41) is 0. The molecule has 1 aromatic carbocycles. The lowest BCUT2D eigenvalue weighted by Gasteiger charge is -2.21. The van der Waals surface area contributed by atoms with Gasteiger partial charge in [-0.05, 0) is 37.8 Å². The molecule has 1 saturated carbocycles. The molecule has 1 aromatic rings. The van der Waals surface area contributed by atoms with Crippen LogP contribution in [-0.2, 0) is 0 Å². The van der Waals surface area contributed by atoms with Crippen LogP contribution in [0.2, 0.25) is 0 Å². The van der Waals surface area contributed by atoms with Crippen molar-refractivity contribution in [2.45, 2.75) is 39.0 Å². The molecule has 0 aliphatic heterocycles. The average molecular weight is 270 g/mol. The Hall–Kier alpha value is -1.32. The zero-order chi connectivity index (χ0) is 13.7. The molecule has 0 heterocycles. The summed E-state index contributed by atoms with van der Waals surface area (Å²) in [7, 11) is 0. The van der Waals surface area contributed by atoms with Crippen molar-refractivity contribution in [3.05, 3.63) is 23.8 Å². The van der Waals surface area contributed by atoms with E-state index < -0.39 is 11.6 Å². The van der Waals surface area contributed by atoms with Crippen molar-refractivity contribution < 1.29 is 18.3 Å². The van der Waals surface area contributed by atoms with Crippen molar-refractivity contribution in [3.8, 4) is 11.5 Å². The number of halogens is 2. The Morgan fingerprint density at radius 2 is 1.58 bits per heavy atom. The van der Waals surface area contributed by atoms with E-state index in [2.05, 4.69) is 0 Å². The fourth-order valence-electron chi connectivity index (χ4n) is 2.45. The number of hydrogen-bond donors (Lipinski definition) is 0. The fraction of sp³-hybridized carbons (Fsp3) is 0.600. The van der Waals surface area contributed by atoms with Crippen molar-refractivity contribution >= 4 is 0 Å². The van der Waals surface area contributed by atoms with Gasteiger partial charge < -0.3 is 9.47 Å². The highest BCUT2D eigenvalue weighted by molar-refractivity contribution is 5.35. The van der Waals surface area contributed by atoms with Crippen LogP contribution in [0.25, 0.3) is 0 Å². The largest absolute Gasteiger partial charge is 0.491 e. The van der Waals surface area contributed by atoms with Crippen LogP contribution in [0.1, 0.15) is 39.0 Å². The summed E-state index contributed by atoms with van der Waals surface area (Å²) < 4.78 is 37.8. The van der Waals surface area contributed by atoms with Gasteiger partial charge in [0.25, 0.3) is 0 Å². The van der Waals surface area contributed by atoms with Crippen molar-refractivity contribution in [2.24, 2.45) is 5.92 Å². The molecule has 0 radical (unpaired) electrons. The third-order valence-electron chi connectivity index (χ3n) is 3.51. The minimum atomic E-state index is -0.969. The van der Waals surface area contributed by atoms with Crippen LogP contribution in [0.3, 0.4) is 0 Å². The first-order valence-corrected chi connectivity index (χ1v) is 6.96. The SMILES string of the molecule is CCOc1ccc(OCC2CCCCC2)c(F)c1F. The van der Waals surface area contributed by atoms with Crippen molar-refractivity contribution in [2.75, 3.05) is 13.2 Å². The molecular formula is C15H20F2O2. The van der Waals surface area contributed by atoms with Gasteiger partial charge in [-0.1, -0.05) is 19.3 Å². The molecule has 0 saturated heterocycles. The van der Waals surface area contributed by atoms with Crippen LogP contribution < -0.4 is 9.47 Å². The zero-order valence-electron chi connectivity index (χ0n) is 11.3. The maximum absolute atomic E-state index is 13.8. The molecule has 2 rings (SSSR count). The predicted octanol–water partition coefficient (Wildman–Crippen LogP) is 4.32. The molecule has 0 bridgehead atoms. The van der Waals surface area contributed by atoms with Gasteiger partial charge in [0.15, 0.2) is 11.5 Å². The van der Waals surface area contributed by atoms with Gasteiger partial charge in [-0.25, -0.2) is 0 Å². The van der Waals surface area contributed by atoms with Crippen LogP contribution in [-0.4, -0.2) is 13.2 Å². The van der Waals surface area contributed by atoms with Crippen molar-refractivity contribution in [3.63, 3.8) is 0 Å². The van der Waals surface area contributed by atoms with Gasteiger partial charge in [0.05, 0.1) is 13.2 Å². The first-order valence-electron chi connectivity index (χ1n) is 6.96. The number of benzene rings is 1. The number of ether oxygens (including phenoxy) is 2. The van der Waals surface area contributed by atoms with Crippen molar-refractivity contribution in [1.29, 1.82) is 0 Å². The first-order chi connectivity index (χ1) is 9.22. The summed E-state index contributed by atoms with van der Waals surface area (Å²) >= 11 is 0. The van der Waals surface area contributed by atoms with Gasteiger partial charge in [0, 0.05) is 0 Å². The summed E-state index contributed by atoms with van der Waals surface area (Å²) in [5.74, 6) is -1.55.